The Labute approximate surface area is 114 Å². The van der Waals surface area contributed by atoms with Crippen molar-refractivity contribution in [1.82, 2.24) is 9.99 Å². The molecule has 7 nitrogen and oxygen atoms in total. The zero-order valence-corrected chi connectivity index (χ0v) is 11.2. The highest BCUT2D eigenvalue weighted by Crippen LogP contribution is 2.24. The molecular formula is C13H12N4O3. The number of rotatable bonds is 1. The fourth-order valence-corrected chi connectivity index (χ4v) is 1.95. The van der Waals surface area contributed by atoms with Gasteiger partial charge < -0.3 is 5.11 Å². The molecule has 0 radical (unpaired) electrons. The Morgan fingerprint density at radius 1 is 1.40 bits per heavy atom. The van der Waals surface area contributed by atoms with Crippen LogP contribution in [0.2, 0.25) is 0 Å². The molecule has 1 aromatic heterocycles. The number of hydrogen-bond donors (Lipinski definition) is 2. The van der Waals surface area contributed by atoms with Crippen LogP contribution in [-0.2, 0) is 11.8 Å². The molecule has 1 amide bonds. The van der Waals surface area contributed by atoms with Crippen molar-refractivity contribution >= 4 is 17.7 Å². The average Bonchev–Trinajstić information content (AvgIpc) is 2.73. The highest BCUT2D eigenvalue weighted by Gasteiger charge is 2.22. The molecule has 1 aromatic rings. The van der Waals surface area contributed by atoms with Crippen molar-refractivity contribution in [1.29, 1.82) is 5.26 Å². The summed E-state index contributed by atoms with van der Waals surface area (Å²) in [7, 11) is 1.36. The minimum atomic E-state index is -0.578. The van der Waals surface area contributed by atoms with E-state index in [0.29, 0.717) is 11.3 Å². The lowest BCUT2D eigenvalue weighted by Crippen LogP contribution is -2.22. The van der Waals surface area contributed by atoms with Gasteiger partial charge in [-0.2, -0.15) is 10.4 Å². The van der Waals surface area contributed by atoms with Crippen LogP contribution in [0.25, 0.3) is 6.08 Å². The molecule has 102 valence electrons. The van der Waals surface area contributed by atoms with Gasteiger partial charge in [0, 0.05) is 12.6 Å². The van der Waals surface area contributed by atoms with Crippen molar-refractivity contribution in [2.75, 3.05) is 0 Å². The van der Waals surface area contributed by atoms with Crippen LogP contribution in [0.4, 0.5) is 0 Å². The monoisotopic (exact) mass is 272 g/mol. The summed E-state index contributed by atoms with van der Waals surface area (Å²) in [6, 6.07) is 1.81. The standard InChI is InChI=1S/C13H12N4O3/c1-6-8(4-9-7(2)15-16-11(9)18)12(19)17(3)13(20)10(6)5-14/h4,19H,1-3H3,(H,16,18)/b9-4-. The van der Waals surface area contributed by atoms with Crippen LogP contribution >= 0.6 is 0 Å². The average molecular weight is 272 g/mol. The van der Waals surface area contributed by atoms with Gasteiger partial charge in [-0.3, -0.25) is 14.2 Å². The summed E-state index contributed by atoms with van der Waals surface area (Å²) in [5, 5.41) is 22.9. The van der Waals surface area contributed by atoms with E-state index in [4.69, 9.17) is 5.26 Å². The van der Waals surface area contributed by atoms with Crippen molar-refractivity contribution in [2.45, 2.75) is 13.8 Å². The Balaban J connectivity index is 2.77. The number of pyridine rings is 1. The van der Waals surface area contributed by atoms with Gasteiger partial charge in [0.15, 0.2) is 0 Å². The highest BCUT2D eigenvalue weighted by molar-refractivity contribution is 6.26. The molecule has 20 heavy (non-hydrogen) atoms. The Kier molecular flexibility index (Phi) is 3.16. The Bertz CT molecular complexity index is 778. The van der Waals surface area contributed by atoms with Gasteiger partial charge in [0.25, 0.3) is 11.5 Å². The molecule has 1 aliphatic heterocycles. The van der Waals surface area contributed by atoms with Crippen molar-refractivity contribution in [3.8, 4) is 11.9 Å². The van der Waals surface area contributed by atoms with Crippen LogP contribution in [0.1, 0.15) is 23.6 Å². The van der Waals surface area contributed by atoms with Crippen molar-refractivity contribution in [3.05, 3.63) is 32.6 Å². The third-order valence-corrected chi connectivity index (χ3v) is 3.22. The van der Waals surface area contributed by atoms with E-state index in [1.807, 2.05) is 6.07 Å². The number of hydrazone groups is 1. The highest BCUT2D eigenvalue weighted by atomic mass is 16.3. The first-order valence-corrected chi connectivity index (χ1v) is 5.77. The van der Waals surface area contributed by atoms with Gasteiger partial charge >= 0.3 is 0 Å². The molecular weight excluding hydrogens is 260 g/mol. The quantitative estimate of drug-likeness (QED) is 0.710. The second-order valence-corrected chi connectivity index (χ2v) is 4.41. The van der Waals surface area contributed by atoms with Gasteiger partial charge in [-0.1, -0.05) is 0 Å². The molecule has 0 spiro atoms. The first-order chi connectivity index (χ1) is 9.38. The molecule has 0 saturated heterocycles. The Hall–Kier alpha value is -2.88. The molecule has 7 heteroatoms. The lowest BCUT2D eigenvalue weighted by molar-refractivity contribution is -0.116. The lowest BCUT2D eigenvalue weighted by Gasteiger charge is -2.10. The molecule has 0 atom stereocenters. The number of aromatic nitrogens is 1. The summed E-state index contributed by atoms with van der Waals surface area (Å²) in [6.45, 7) is 3.19. The molecule has 2 rings (SSSR count). The normalized spacial score (nSPS) is 16.0. The van der Waals surface area contributed by atoms with E-state index in [1.54, 1.807) is 13.8 Å². The molecule has 1 aliphatic rings. The second-order valence-electron chi connectivity index (χ2n) is 4.41. The van der Waals surface area contributed by atoms with E-state index in [0.717, 1.165) is 4.57 Å². The van der Waals surface area contributed by atoms with Crippen molar-refractivity contribution in [3.63, 3.8) is 0 Å². The zero-order valence-electron chi connectivity index (χ0n) is 11.2. The zero-order chi connectivity index (χ0) is 15.0. The van der Waals surface area contributed by atoms with E-state index in [9.17, 15) is 14.7 Å². The third-order valence-electron chi connectivity index (χ3n) is 3.22. The van der Waals surface area contributed by atoms with Gasteiger partial charge in [-0.25, -0.2) is 5.43 Å². The number of nitrogens with zero attached hydrogens (tertiary/aromatic N) is 3. The third kappa shape index (κ3) is 1.87. The van der Waals surface area contributed by atoms with Gasteiger partial charge in [-0.15, -0.1) is 0 Å². The predicted octanol–water partition coefficient (Wildman–Crippen LogP) is 0.160. The molecule has 0 aliphatic carbocycles. The molecule has 0 fully saturated rings. The summed E-state index contributed by atoms with van der Waals surface area (Å²) in [5.74, 6) is -0.694. The molecule has 2 N–H and O–H groups in total. The largest absolute Gasteiger partial charge is 0.494 e. The van der Waals surface area contributed by atoms with Crippen LogP contribution in [0.5, 0.6) is 5.88 Å². The summed E-state index contributed by atoms with van der Waals surface area (Å²) in [4.78, 5) is 23.4. The molecule has 2 heterocycles. The van der Waals surface area contributed by atoms with Gasteiger partial charge in [0.05, 0.1) is 11.3 Å². The van der Waals surface area contributed by atoms with E-state index >= 15 is 0 Å². The number of nitriles is 1. The number of aromatic hydroxyl groups is 1. The van der Waals surface area contributed by atoms with Gasteiger partial charge in [-0.05, 0) is 25.5 Å². The SMILES string of the molecule is CC1=NNC(=O)/C1=C\c1c(C)c(C#N)c(=O)n(C)c1O. The Morgan fingerprint density at radius 3 is 2.55 bits per heavy atom. The van der Waals surface area contributed by atoms with Gasteiger partial charge in [0.2, 0.25) is 5.88 Å². The topological polar surface area (TPSA) is 107 Å². The minimum absolute atomic E-state index is 0.0647. The first kappa shape index (κ1) is 13.5. The smallest absolute Gasteiger partial charge is 0.273 e. The summed E-state index contributed by atoms with van der Waals surface area (Å²) < 4.78 is 0.970. The van der Waals surface area contributed by atoms with E-state index in [-0.39, 0.29) is 22.6 Å². The van der Waals surface area contributed by atoms with Crippen LogP contribution in [0.15, 0.2) is 15.5 Å². The number of hydrogen-bond acceptors (Lipinski definition) is 5. The van der Waals surface area contributed by atoms with E-state index < -0.39 is 11.5 Å². The number of carbonyl (C=O) groups is 1. The number of carbonyl (C=O) groups excluding carboxylic acids is 1. The first-order valence-electron chi connectivity index (χ1n) is 5.77. The summed E-state index contributed by atoms with van der Waals surface area (Å²) in [5.41, 5.74) is 2.99. The van der Waals surface area contributed by atoms with Crippen molar-refractivity contribution < 1.29 is 9.90 Å². The maximum absolute atomic E-state index is 11.8. The van der Waals surface area contributed by atoms with Gasteiger partial charge in [0.1, 0.15) is 11.6 Å². The van der Waals surface area contributed by atoms with E-state index in [1.165, 1.54) is 13.1 Å². The minimum Gasteiger partial charge on any atom is -0.494 e. The Morgan fingerprint density at radius 2 is 2.05 bits per heavy atom. The molecule has 0 saturated carbocycles. The molecule has 0 unspecified atom stereocenters. The van der Waals surface area contributed by atoms with E-state index in [2.05, 4.69) is 10.5 Å². The number of nitrogens with one attached hydrogen (secondary N) is 1. The maximum Gasteiger partial charge on any atom is 0.273 e. The van der Waals surface area contributed by atoms with Crippen LogP contribution < -0.4 is 11.0 Å². The summed E-state index contributed by atoms with van der Waals surface area (Å²) in [6.07, 6.45) is 1.42. The van der Waals surface area contributed by atoms with Crippen LogP contribution in [0, 0.1) is 18.3 Å². The molecule has 0 bridgehead atoms. The number of amides is 1. The van der Waals surface area contributed by atoms with Crippen molar-refractivity contribution in [2.24, 2.45) is 12.1 Å². The fourth-order valence-electron chi connectivity index (χ4n) is 1.95. The lowest BCUT2D eigenvalue weighted by atomic mass is 10.0. The summed E-state index contributed by atoms with van der Waals surface area (Å²) >= 11 is 0. The van der Waals surface area contributed by atoms with Crippen LogP contribution in [0.3, 0.4) is 0 Å². The molecule has 0 aromatic carbocycles. The second kappa shape index (κ2) is 4.66. The fraction of sp³-hybridized carbons (Fsp3) is 0.231. The maximum atomic E-state index is 11.8. The predicted molar refractivity (Wildman–Crippen MR) is 72.0 cm³/mol. The van der Waals surface area contributed by atoms with Crippen LogP contribution in [-0.4, -0.2) is 21.3 Å².